The standard InChI is InChI=1S/C16H32O/c1-5-15(2,3)13-16(4,17)12-11-14-9-7-6-8-10-14/h14,17H,5-13H2,1-4H3. The van der Waals surface area contributed by atoms with Gasteiger partial charge in [0, 0.05) is 0 Å². The van der Waals surface area contributed by atoms with E-state index in [1.54, 1.807) is 0 Å². The van der Waals surface area contributed by atoms with E-state index in [1.165, 1.54) is 38.5 Å². The molecule has 1 N–H and O–H groups in total. The summed E-state index contributed by atoms with van der Waals surface area (Å²) in [7, 11) is 0. The summed E-state index contributed by atoms with van der Waals surface area (Å²) in [6.45, 7) is 8.79. The molecule has 0 bridgehead atoms. The van der Waals surface area contributed by atoms with Crippen molar-refractivity contribution in [1.29, 1.82) is 0 Å². The van der Waals surface area contributed by atoms with Gasteiger partial charge in [0.2, 0.25) is 0 Å². The zero-order chi connectivity index (χ0) is 12.9. The summed E-state index contributed by atoms with van der Waals surface area (Å²) in [5.74, 6) is 0.889. The molecule has 0 heterocycles. The fraction of sp³-hybridized carbons (Fsp3) is 1.00. The summed E-state index contributed by atoms with van der Waals surface area (Å²) in [6, 6.07) is 0. The van der Waals surface area contributed by atoms with Crippen LogP contribution in [0.15, 0.2) is 0 Å². The smallest absolute Gasteiger partial charge is 0.0625 e. The van der Waals surface area contributed by atoms with Crippen LogP contribution in [0.25, 0.3) is 0 Å². The largest absolute Gasteiger partial charge is 0.390 e. The third-order valence-electron chi connectivity index (χ3n) is 4.63. The molecular weight excluding hydrogens is 208 g/mol. The fourth-order valence-corrected chi connectivity index (χ4v) is 3.24. The first-order chi connectivity index (χ1) is 7.85. The lowest BCUT2D eigenvalue weighted by Gasteiger charge is -2.34. The minimum absolute atomic E-state index is 0.274. The Hall–Kier alpha value is -0.0400. The predicted molar refractivity (Wildman–Crippen MR) is 75.1 cm³/mol. The van der Waals surface area contributed by atoms with Gasteiger partial charge >= 0.3 is 0 Å². The molecule has 1 rings (SSSR count). The Balaban J connectivity index is 2.32. The van der Waals surface area contributed by atoms with Crippen LogP contribution in [0.3, 0.4) is 0 Å². The molecule has 1 atom stereocenters. The average molecular weight is 240 g/mol. The Bertz CT molecular complexity index is 212. The number of aliphatic hydroxyl groups is 1. The molecule has 1 nitrogen and oxygen atoms in total. The Morgan fingerprint density at radius 2 is 1.65 bits per heavy atom. The van der Waals surface area contributed by atoms with Crippen LogP contribution < -0.4 is 0 Å². The second kappa shape index (κ2) is 6.22. The predicted octanol–water partition coefficient (Wildman–Crippen LogP) is 4.92. The van der Waals surface area contributed by atoms with E-state index in [4.69, 9.17) is 0 Å². The molecule has 0 aromatic heterocycles. The molecule has 0 saturated heterocycles. The van der Waals surface area contributed by atoms with Crippen molar-refractivity contribution >= 4 is 0 Å². The lowest BCUT2D eigenvalue weighted by atomic mass is 9.75. The summed E-state index contributed by atoms with van der Waals surface area (Å²) in [6.07, 6.45) is 11.3. The van der Waals surface area contributed by atoms with Crippen molar-refractivity contribution in [1.82, 2.24) is 0 Å². The molecule has 0 aromatic rings. The van der Waals surface area contributed by atoms with Gasteiger partial charge in [0.15, 0.2) is 0 Å². The van der Waals surface area contributed by atoms with Gasteiger partial charge in [-0.1, -0.05) is 59.3 Å². The van der Waals surface area contributed by atoms with Crippen LogP contribution in [-0.2, 0) is 0 Å². The summed E-state index contributed by atoms with van der Waals surface area (Å²) in [4.78, 5) is 0. The molecule has 0 amide bonds. The third kappa shape index (κ3) is 5.90. The topological polar surface area (TPSA) is 20.2 Å². The van der Waals surface area contributed by atoms with Crippen molar-refractivity contribution < 1.29 is 5.11 Å². The number of hydrogen-bond acceptors (Lipinski definition) is 1. The van der Waals surface area contributed by atoms with Crippen molar-refractivity contribution in [2.24, 2.45) is 11.3 Å². The second-order valence-electron chi connectivity index (χ2n) is 7.23. The highest BCUT2D eigenvalue weighted by molar-refractivity contribution is 4.82. The van der Waals surface area contributed by atoms with Crippen LogP contribution in [0.4, 0.5) is 0 Å². The fourth-order valence-electron chi connectivity index (χ4n) is 3.24. The van der Waals surface area contributed by atoms with E-state index in [2.05, 4.69) is 20.8 Å². The molecule has 1 saturated carbocycles. The molecule has 1 aliphatic carbocycles. The maximum atomic E-state index is 10.5. The van der Waals surface area contributed by atoms with E-state index in [1.807, 2.05) is 6.92 Å². The van der Waals surface area contributed by atoms with Crippen molar-refractivity contribution in [3.05, 3.63) is 0 Å². The van der Waals surface area contributed by atoms with Crippen LogP contribution in [0.2, 0.25) is 0 Å². The van der Waals surface area contributed by atoms with Crippen LogP contribution in [-0.4, -0.2) is 10.7 Å². The van der Waals surface area contributed by atoms with Gasteiger partial charge in [0.1, 0.15) is 0 Å². The normalized spacial score (nSPS) is 22.4. The zero-order valence-corrected chi connectivity index (χ0v) is 12.4. The van der Waals surface area contributed by atoms with Gasteiger partial charge in [0.25, 0.3) is 0 Å². The van der Waals surface area contributed by atoms with Crippen molar-refractivity contribution in [3.63, 3.8) is 0 Å². The Morgan fingerprint density at radius 1 is 1.06 bits per heavy atom. The van der Waals surface area contributed by atoms with Gasteiger partial charge in [-0.3, -0.25) is 0 Å². The molecule has 0 radical (unpaired) electrons. The lowest BCUT2D eigenvalue weighted by molar-refractivity contribution is -0.000293. The average Bonchev–Trinajstić information content (AvgIpc) is 2.27. The minimum atomic E-state index is -0.461. The Kier molecular flexibility index (Phi) is 5.50. The molecule has 1 aliphatic rings. The number of rotatable bonds is 6. The van der Waals surface area contributed by atoms with Crippen molar-refractivity contribution in [2.75, 3.05) is 0 Å². The summed E-state index contributed by atoms with van der Waals surface area (Å²) in [5.41, 5.74) is -0.187. The van der Waals surface area contributed by atoms with E-state index in [0.717, 1.165) is 25.2 Å². The zero-order valence-electron chi connectivity index (χ0n) is 12.4. The van der Waals surface area contributed by atoms with Crippen LogP contribution in [0.5, 0.6) is 0 Å². The maximum Gasteiger partial charge on any atom is 0.0625 e. The molecule has 102 valence electrons. The van der Waals surface area contributed by atoms with E-state index < -0.39 is 5.60 Å². The monoisotopic (exact) mass is 240 g/mol. The molecule has 1 unspecified atom stereocenters. The Labute approximate surface area is 108 Å². The second-order valence-corrected chi connectivity index (χ2v) is 7.23. The molecule has 0 aliphatic heterocycles. The van der Waals surface area contributed by atoms with Gasteiger partial charge in [-0.05, 0) is 37.5 Å². The van der Waals surface area contributed by atoms with Gasteiger partial charge in [-0.25, -0.2) is 0 Å². The molecule has 1 fully saturated rings. The molecule has 17 heavy (non-hydrogen) atoms. The third-order valence-corrected chi connectivity index (χ3v) is 4.63. The molecule has 0 aromatic carbocycles. The highest BCUT2D eigenvalue weighted by Gasteiger charge is 2.30. The van der Waals surface area contributed by atoms with Gasteiger partial charge < -0.3 is 5.11 Å². The minimum Gasteiger partial charge on any atom is -0.390 e. The molecule has 1 heteroatoms. The van der Waals surface area contributed by atoms with E-state index in [-0.39, 0.29) is 5.41 Å². The van der Waals surface area contributed by atoms with Crippen LogP contribution >= 0.6 is 0 Å². The van der Waals surface area contributed by atoms with Crippen LogP contribution in [0, 0.1) is 11.3 Å². The molecular formula is C16H32O. The van der Waals surface area contributed by atoms with E-state index in [9.17, 15) is 5.11 Å². The lowest BCUT2D eigenvalue weighted by Crippen LogP contribution is -2.32. The molecule has 0 spiro atoms. The van der Waals surface area contributed by atoms with Crippen molar-refractivity contribution in [2.45, 2.75) is 91.1 Å². The first-order valence-electron chi connectivity index (χ1n) is 7.57. The van der Waals surface area contributed by atoms with Gasteiger partial charge in [0.05, 0.1) is 5.60 Å². The maximum absolute atomic E-state index is 10.5. The van der Waals surface area contributed by atoms with Crippen molar-refractivity contribution in [3.8, 4) is 0 Å². The quantitative estimate of drug-likeness (QED) is 0.698. The highest BCUT2D eigenvalue weighted by Crippen LogP contribution is 2.36. The summed E-state index contributed by atoms with van der Waals surface area (Å²) >= 11 is 0. The highest BCUT2D eigenvalue weighted by atomic mass is 16.3. The first-order valence-corrected chi connectivity index (χ1v) is 7.57. The van der Waals surface area contributed by atoms with E-state index >= 15 is 0 Å². The summed E-state index contributed by atoms with van der Waals surface area (Å²) in [5, 5.41) is 10.5. The SMILES string of the molecule is CCC(C)(C)CC(C)(O)CCC1CCCCC1. The first kappa shape index (κ1) is 15.0. The van der Waals surface area contributed by atoms with Gasteiger partial charge in [-0.15, -0.1) is 0 Å². The Morgan fingerprint density at radius 3 is 2.18 bits per heavy atom. The number of hydrogen-bond donors (Lipinski definition) is 1. The van der Waals surface area contributed by atoms with Gasteiger partial charge in [-0.2, -0.15) is 0 Å². The van der Waals surface area contributed by atoms with Crippen LogP contribution in [0.1, 0.15) is 85.5 Å². The summed E-state index contributed by atoms with van der Waals surface area (Å²) < 4.78 is 0. The van der Waals surface area contributed by atoms with E-state index in [0.29, 0.717) is 0 Å².